The summed E-state index contributed by atoms with van der Waals surface area (Å²) >= 11 is 0. The molecule has 0 spiro atoms. The fourth-order valence-corrected chi connectivity index (χ4v) is 2.02. The summed E-state index contributed by atoms with van der Waals surface area (Å²) in [6.45, 7) is 4.17. The lowest BCUT2D eigenvalue weighted by molar-refractivity contribution is 0.0954. The van der Waals surface area contributed by atoms with E-state index >= 15 is 0 Å². The minimum Gasteiger partial charge on any atom is -0.388 e. The number of aliphatic hydroxyl groups excluding tert-OH is 1. The summed E-state index contributed by atoms with van der Waals surface area (Å²) in [4.78, 5) is 0. The van der Waals surface area contributed by atoms with Crippen molar-refractivity contribution in [3.05, 3.63) is 35.6 Å². The maximum atomic E-state index is 13.5. The van der Waals surface area contributed by atoms with E-state index in [1.54, 1.807) is 18.2 Å². The van der Waals surface area contributed by atoms with Crippen LogP contribution in [0.4, 0.5) is 4.39 Å². The lowest BCUT2D eigenvalue weighted by Crippen LogP contribution is -2.13. The van der Waals surface area contributed by atoms with Crippen LogP contribution in [0.15, 0.2) is 24.3 Å². The van der Waals surface area contributed by atoms with Gasteiger partial charge >= 0.3 is 0 Å². The normalized spacial score (nSPS) is 14.8. The molecule has 0 fully saturated rings. The molecule has 90 valence electrons. The Kier molecular flexibility index (Phi) is 5.47. The van der Waals surface area contributed by atoms with Crippen molar-refractivity contribution in [1.29, 1.82) is 0 Å². The Hall–Kier alpha value is -0.890. The molecule has 0 aromatic heterocycles. The van der Waals surface area contributed by atoms with Crippen molar-refractivity contribution in [3.63, 3.8) is 0 Å². The number of hydrogen-bond donors (Lipinski definition) is 1. The lowest BCUT2D eigenvalue weighted by atomic mass is 9.89. The zero-order valence-corrected chi connectivity index (χ0v) is 10.1. The van der Waals surface area contributed by atoms with E-state index in [0.717, 1.165) is 25.7 Å². The third-order valence-corrected chi connectivity index (χ3v) is 3.12. The monoisotopic (exact) mass is 224 g/mol. The van der Waals surface area contributed by atoms with Crippen LogP contribution in [0.2, 0.25) is 0 Å². The first-order valence-corrected chi connectivity index (χ1v) is 6.13. The van der Waals surface area contributed by atoms with Crippen molar-refractivity contribution in [2.24, 2.45) is 5.92 Å². The van der Waals surface area contributed by atoms with Crippen molar-refractivity contribution in [3.8, 4) is 0 Å². The number of rotatable bonds is 6. The first-order valence-electron chi connectivity index (χ1n) is 6.13. The molecule has 16 heavy (non-hydrogen) atoms. The van der Waals surface area contributed by atoms with Gasteiger partial charge in [-0.25, -0.2) is 4.39 Å². The summed E-state index contributed by atoms with van der Waals surface area (Å²) in [6, 6.07) is 6.51. The highest BCUT2D eigenvalue weighted by Crippen LogP contribution is 2.30. The maximum absolute atomic E-state index is 13.5. The van der Waals surface area contributed by atoms with Crippen LogP contribution in [-0.4, -0.2) is 5.11 Å². The molecule has 1 N–H and O–H groups in total. The predicted octanol–water partition coefficient (Wildman–Crippen LogP) is 4.08. The van der Waals surface area contributed by atoms with E-state index in [4.69, 9.17) is 0 Å². The van der Waals surface area contributed by atoms with Gasteiger partial charge in [-0.05, 0) is 18.4 Å². The summed E-state index contributed by atoms with van der Waals surface area (Å²) in [7, 11) is 0. The van der Waals surface area contributed by atoms with E-state index in [-0.39, 0.29) is 11.7 Å². The van der Waals surface area contributed by atoms with Crippen LogP contribution in [0.5, 0.6) is 0 Å². The van der Waals surface area contributed by atoms with E-state index in [9.17, 15) is 9.50 Å². The number of hydrogen-bond acceptors (Lipinski definition) is 1. The molecular formula is C14H21FO. The van der Waals surface area contributed by atoms with Crippen molar-refractivity contribution in [2.45, 2.75) is 45.6 Å². The number of benzene rings is 1. The zero-order chi connectivity index (χ0) is 12.0. The third kappa shape index (κ3) is 3.31. The summed E-state index contributed by atoms with van der Waals surface area (Å²) in [6.07, 6.45) is 3.38. The molecule has 0 saturated carbocycles. The molecule has 0 heterocycles. The molecule has 1 aromatic carbocycles. The van der Waals surface area contributed by atoms with Crippen LogP contribution < -0.4 is 0 Å². The van der Waals surface area contributed by atoms with Gasteiger partial charge in [-0.3, -0.25) is 0 Å². The number of unbranched alkanes of at least 4 members (excludes halogenated alkanes) is 1. The van der Waals surface area contributed by atoms with E-state index in [1.807, 2.05) is 6.92 Å². The van der Waals surface area contributed by atoms with Crippen molar-refractivity contribution in [2.75, 3.05) is 0 Å². The molecule has 1 aromatic rings. The second kappa shape index (κ2) is 6.64. The van der Waals surface area contributed by atoms with Gasteiger partial charge in [-0.2, -0.15) is 0 Å². The molecule has 0 amide bonds. The highest BCUT2D eigenvalue weighted by molar-refractivity contribution is 5.20. The Morgan fingerprint density at radius 2 is 1.94 bits per heavy atom. The predicted molar refractivity (Wildman–Crippen MR) is 64.7 cm³/mol. The number of aliphatic hydroxyl groups is 1. The average molecular weight is 224 g/mol. The van der Waals surface area contributed by atoms with Gasteiger partial charge in [-0.15, -0.1) is 0 Å². The van der Waals surface area contributed by atoms with Crippen molar-refractivity contribution >= 4 is 0 Å². The SMILES string of the molecule is CCCCC(CC)C(O)c1ccccc1F. The molecule has 1 nitrogen and oxygen atoms in total. The lowest BCUT2D eigenvalue weighted by Gasteiger charge is -2.22. The van der Waals surface area contributed by atoms with Gasteiger partial charge in [0.1, 0.15) is 5.82 Å². The summed E-state index contributed by atoms with van der Waals surface area (Å²) < 4.78 is 13.5. The molecule has 1 rings (SSSR count). The summed E-state index contributed by atoms with van der Waals surface area (Å²) in [5, 5.41) is 10.1. The van der Waals surface area contributed by atoms with Crippen LogP contribution in [0.3, 0.4) is 0 Å². The molecule has 2 atom stereocenters. The average Bonchev–Trinajstić information content (AvgIpc) is 2.30. The van der Waals surface area contributed by atoms with Crippen LogP contribution in [0.1, 0.15) is 51.2 Å². The molecule has 0 bridgehead atoms. The van der Waals surface area contributed by atoms with Gasteiger partial charge in [0, 0.05) is 5.56 Å². The van der Waals surface area contributed by atoms with Crippen molar-refractivity contribution in [1.82, 2.24) is 0 Å². The Morgan fingerprint density at radius 1 is 1.25 bits per heavy atom. The highest BCUT2D eigenvalue weighted by atomic mass is 19.1. The van der Waals surface area contributed by atoms with E-state index in [1.165, 1.54) is 6.07 Å². The molecule has 2 unspecified atom stereocenters. The molecule has 0 aliphatic heterocycles. The largest absolute Gasteiger partial charge is 0.388 e. The van der Waals surface area contributed by atoms with Crippen LogP contribution in [-0.2, 0) is 0 Å². The smallest absolute Gasteiger partial charge is 0.129 e. The van der Waals surface area contributed by atoms with E-state index in [0.29, 0.717) is 5.56 Å². The van der Waals surface area contributed by atoms with Gasteiger partial charge in [0.25, 0.3) is 0 Å². The number of halogens is 1. The topological polar surface area (TPSA) is 20.2 Å². The van der Waals surface area contributed by atoms with Gasteiger partial charge in [-0.1, -0.05) is 51.3 Å². The van der Waals surface area contributed by atoms with Gasteiger partial charge in [0.2, 0.25) is 0 Å². The molecule has 0 saturated heterocycles. The van der Waals surface area contributed by atoms with Crippen LogP contribution in [0.25, 0.3) is 0 Å². The Bertz CT molecular complexity index is 311. The fraction of sp³-hybridized carbons (Fsp3) is 0.571. The molecule has 0 radical (unpaired) electrons. The second-order valence-corrected chi connectivity index (χ2v) is 4.28. The van der Waals surface area contributed by atoms with Crippen molar-refractivity contribution < 1.29 is 9.50 Å². The summed E-state index contributed by atoms with van der Waals surface area (Å²) in [5.74, 6) is -0.137. The molecule has 2 heteroatoms. The fourth-order valence-electron chi connectivity index (χ4n) is 2.02. The standard InChI is InChI=1S/C14H21FO/c1-3-5-8-11(4-2)14(16)12-9-6-7-10-13(12)15/h6-7,9-11,14,16H,3-5,8H2,1-2H3. The maximum Gasteiger partial charge on any atom is 0.129 e. The summed E-state index contributed by atoms with van der Waals surface area (Å²) in [5.41, 5.74) is 0.436. The minimum atomic E-state index is -0.669. The van der Waals surface area contributed by atoms with Crippen LogP contribution >= 0.6 is 0 Å². The highest BCUT2D eigenvalue weighted by Gasteiger charge is 2.21. The second-order valence-electron chi connectivity index (χ2n) is 4.28. The first kappa shape index (κ1) is 13.2. The Labute approximate surface area is 97.3 Å². The zero-order valence-electron chi connectivity index (χ0n) is 10.1. The quantitative estimate of drug-likeness (QED) is 0.772. The molecule has 0 aliphatic rings. The first-order chi connectivity index (χ1) is 7.70. The molecule has 0 aliphatic carbocycles. The minimum absolute atomic E-state index is 0.164. The Balaban J connectivity index is 2.74. The van der Waals surface area contributed by atoms with Gasteiger partial charge in [0.15, 0.2) is 0 Å². The van der Waals surface area contributed by atoms with Crippen LogP contribution in [0, 0.1) is 11.7 Å². The van der Waals surface area contributed by atoms with Gasteiger partial charge in [0.05, 0.1) is 6.10 Å². The Morgan fingerprint density at radius 3 is 2.50 bits per heavy atom. The molecular weight excluding hydrogens is 203 g/mol. The van der Waals surface area contributed by atoms with E-state index < -0.39 is 6.10 Å². The van der Waals surface area contributed by atoms with E-state index in [2.05, 4.69) is 6.92 Å². The third-order valence-electron chi connectivity index (χ3n) is 3.12. The van der Waals surface area contributed by atoms with Gasteiger partial charge < -0.3 is 5.11 Å².